The molecule has 5 nitrogen and oxygen atoms in total. The van der Waals surface area contributed by atoms with Crippen molar-refractivity contribution in [3.05, 3.63) is 29.3 Å². The molecule has 0 radical (unpaired) electrons. The van der Waals surface area contributed by atoms with E-state index in [0.717, 1.165) is 0 Å². The zero-order valence-electron chi connectivity index (χ0n) is 8.85. The Labute approximate surface area is 91.9 Å². The van der Waals surface area contributed by atoms with Gasteiger partial charge < -0.3 is 14.2 Å². The molecule has 1 atom stereocenters. The highest BCUT2D eigenvalue weighted by molar-refractivity contribution is 5.94. The van der Waals surface area contributed by atoms with Gasteiger partial charge in [0.25, 0.3) is 6.29 Å². The number of rotatable bonds is 2. The molecule has 1 aromatic rings. The molecule has 0 saturated heterocycles. The molecule has 1 aliphatic heterocycles. The van der Waals surface area contributed by atoms with Crippen molar-refractivity contribution in [2.45, 2.75) is 13.2 Å². The van der Waals surface area contributed by atoms with Gasteiger partial charge in [-0.05, 0) is 18.2 Å². The van der Waals surface area contributed by atoms with E-state index in [4.69, 9.17) is 14.2 Å². The van der Waals surface area contributed by atoms with Crippen LogP contribution in [0.1, 0.15) is 29.1 Å². The Hall–Kier alpha value is -2.04. The highest BCUT2D eigenvalue weighted by atomic mass is 16.7. The first-order valence-corrected chi connectivity index (χ1v) is 4.68. The molecule has 0 fully saturated rings. The van der Waals surface area contributed by atoms with Gasteiger partial charge in [0.15, 0.2) is 0 Å². The Morgan fingerprint density at radius 2 is 2.19 bits per heavy atom. The minimum Gasteiger partial charge on any atom is -0.497 e. The van der Waals surface area contributed by atoms with Crippen LogP contribution in [0.2, 0.25) is 0 Å². The topological polar surface area (TPSA) is 61.8 Å². The fourth-order valence-corrected chi connectivity index (χ4v) is 1.51. The lowest BCUT2D eigenvalue weighted by molar-refractivity contribution is -0.164. The number of esters is 2. The first-order valence-electron chi connectivity index (χ1n) is 4.68. The van der Waals surface area contributed by atoms with E-state index in [9.17, 15) is 9.59 Å². The summed E-state index contributed by atoms with van der Waals surface area (Å²) in [6, 6.07) is 4.85. The number of benzene rings is 1. The second kappa shape index (κ2) is 3.84. The number of hydrogen-bond donors (Lipinski definition) is 0. The number of carbonyl (C=O) groups excluding carboxylic acids is 2. The highest BCUT2D eigenvalue weighted by Gasteiger charge is 2.33. The summed E-state index contributed by atoms with van der Waals surface area (Å²) < 4.78 is 14.8. The number of hydrogen-bond acceptors (Lipinski definition) is 5. The van der Waals surface area contributed by atoms with Crippen LogP contribution >= 0.6 is 0 Å². The Kier molecular flexibility index (Phi) is 2.52. The van der Waals surface area contributed by atoms with Gasteiger partial charge in [-0.1, -0.05) is 0 Å². The summed E-state index contributed by atoms with van der Waals surface area (Å²) in [6.45, 7) is 1.26. The predicted octanol–water partition coefficient (Wildman–Crippen LogP) is 1.43. The quantitative estimate of drug-likeness (QED) is 0.708. The lowest BCUT2D eigenvalue weighted by Gasteiger charge is -2.10. The number of ether oxygens (including phenoxy) is 3. The van der Waals surface area contributed by atoms with Gasteiger partial charge in [-0.25, -0.2) is 4.79 Å². The summed E-state index contributed by atoms with van der Waals surface area (Å²) in [4.78, 5) is 22.2. The van der Waals surface area contributed by atoms with Gasteiger partial charge in [0, 0.05) is 6.92 Å². The molecular weight excluding hydrogens is 212 g/mol. The maximum Gasteiger partial charge on any atom is 0.342 e. The van der Waals surface area contributed by atoms with Crippen LogP contribution in [0.15, 0.2) is 18.2 Å². The zero-order chi connectivity index (χ0) is 11.7. The summed E-state index contributed by atoms with van der Waals surface area (Å²) in [5, 5.41) is 0. The number of methoxy groups -OCH3 is 1. The SMILES string of the molecule is COc1ccc2c(c1)C(OC(C)=O)OC2=O. The Morgan fingerprint density at radius 3 is 2.81 bits per heavy atom. The smallest absolute Gasteiger partial charge is 0.342 e. The van der Waals surface area contributed by atoms with Gasteiger partial charge in [-0.2, -0.15) is 0 Å². The molecule has 0 spiro atoms. The molecule has 5 heteroatoms. The first-order chi connectivity index (χ1) is 7.61. The second-order valence-electron chi connectivity index (χ2n) is 3.30. The summed E-state index contributed by atoms with van der Waals surface area (Å²) in [5.74, 6) is -0.424. The highest BCUT2D eigenvalue weighted by Crippen LogP contribution is 2.33. The van der Waals surface area contributed by atoms with Gasteiger partial charge in [-0.15, -0.1) is 0 Å². The average molecular weight is 222 g/mol. The lowest BCUT2D eigenvalue weighted by atomic mass is 10.1. The van der Waals surface area contributed by atoms with E-state index < -0.39 is 18.2 Å². The Bertz CT molecular complexity index is 450. The summed E-state index contributed by atoms with van der Waals surface area (Å²) in [5.41, 5.74) is 0.909. The minimum atomic E-state index is -0.963. The summed E-state index contributed by atoms with van der Waals surface area (Å²) in [6.07, 6.45) is -0.963. The lowest BCUT2D eigenvalue weighted by Crippen LogP contribution is -2.07. The Morgan fingerprint density at radius 1 is 1.44 bits per heavy atom. The van der Waals surface area contributed by atoms with Crippen LogP contribution in [0.4, 0.5) is 0 Å². The molecule has 0 saturated carbocycles. The van der Waals surface area contributed by atoms with E-state index in [2.05, 4.69) is 0 Å². The molecule has 1 aromatic carbocycles. The molecule has 0 aromatic heterocycles. The van der Waals surface area contributed by atoms with Crippen molar-refractivity contribution in [2.24, 2.45) is 0 Å². The molecule has 2 rings (SSSR count). The second-order valence-corrected chi connectivity index (χ2v) is 3.30. The normalized spacial score (nSPS) is 17.6. The number of cyclic esters (lactones) is 1. The molecule has 1 aliphatic rings. The molecular formula is C11H10O5. The van der Waals surface area contributed by atoms with Crippen LogP contribution in [0.5, 0.6) is 5.75 Å². The van der Waals surface area contributed by atoms with Gasteiger partial charge in [0.1, 0.15) is 5.75 Å². The van der Waals surface area contributed by atoms with E-state index >= 15 is 0 Å². The predicted molar refractivity (Wildman–Crippen MR) is 52.9 cm³/mol. The van der Waals surface area contributed by atoms with Crippen molar-refractivity contribution in [2.75, 3.05) is 7.11 Å². The van der Waals surface area contributed by atoms with Gasteiger partial charge in [0.05, 0.1) is 18.2 Å². The van der Waals surface area contributed by atoms with Crippen molar-refractivity contribution >= 4 is 11.9 Å². The van der Waals surface area contributed by atoms with Crippen LogP contribution in [-0.2, 0) is 14.3 Å². The first kappa shape index (κ1) is 10.5. The van der Waals surface area contributed by atoms with Gasteiger partial charge >= 0.3 is 11.9 Å². The molecule has 0 amide bonds. The van der Waals surface area contributed by atoms with E-state index in [1.807, 2.05) is 0 Å². The third-order valence-electron chi connectivity index (χ3n) is 2.22. The number of carbonyl (C=O) groups is 2. The Balaban J connectivity index is 2.38. The van der Waals surface area contributed by atoms with Crippen LogP contribution < -0.4 is 4.74 Å². The van der Waals surface area contributed by atoms with Crippen LogP contribution in [0, 0.1) is 0 Å². The van der Waals surface area contributed by atoms with Crippen LogP contribution in [0.3, 0.4) is 0 Å². The van der Waals surface area contributed by atoms with Crippen LogP contribution in [-0.4, -0.2) is 19.0 Å². The molecule has 0 aliphatic carbocycles. The monoisotopic (exact) mass is 222 g/mol. The van der Waals surface area contributed by atoms with E-state index in [0.29, 0.717) is 16.9 Å². The summed E-state index contributed by atoms with van der Waals surface area (Å²) in [7, 11) is 1.51. The van der Waals surface area contributed by atoms with Crippen molar-refractivity contribution in [1.82, 2.24) is 0 Å². The molecule has 0 N–H and O–H groups in total. The number of fused-ring (bicyclic) bond motifs is 1. The third-order valence-corrected chi connectivity index (χ3v) is 2.22. The third kappa shape index (κ3) is 1.71. The van der Waals surface area contributed by atoms with Crippen molar-refractivity contribution in [1.29, 1.82) is 0 Å². The van der Waals surface area contributed by atoms with Gasteiger partial charge in [0.2, 0.25) is 0 Å². The molecule has 84 valence electrons. The molecule has 0 bridgehead atoms. The fraction of sp³-hybridized carbons (Fsp3) is 0.273. The largest absolute Gasteiger partial charge is 0.497 e. The van der Waals surface area contributed by atoms with E-state index in [1.54, 1.807) is 18.2 Å². The average Bonchev–Trinajstić information content (AvgIpc) is 2.54. The zero-order valence-corrected chi connectivity index (χ0v) is 8.85. The maximum atomic E-state index is 11.4. The van der Waals surface area contributed by atoms with Crippen molar-refractivity contribution in [3.8, 4) is 5.75 Å². The van der Waals surface area contributed by atoms with Crippen LogP contribution in [0.25, 0.3) is 0 Å². The molecule has 1 unspecified atom stereocenters. The van der Waals surface area contributed by atoms with Gasteiger partial charge in [-0.3, -0.25) is 4.79 Å². The fourth-order valence-electron chi connectivity index (χ4n) is 1.51. The van der Waals surface area contributed by atoms with Crippen molar-refractivity contribution < 1.29 is 23.8 Å². The van der Waals surface area contributed by atoms with E-state index in [1.165, 1.54) is 14.0 Å². The van der Waals surface area contributed by atoms with E-state index in [-0.39, 0.29) is 0 Å². The molecule has 1 heterocycles. The van der Waals surface area contributed by atoms with Crippen molar-refractivity contribution in [3.63, 3.8) is 0 Å². The standard InChI is InChI=1S/C11H10O5/c1-6(12)15-11-9-5-7(14-2)3-4-8(9)10(13)16-11/h3-5,11H,1-2H3. The molecule has 16 heavy (non-hydrogen) atoms. The minimum absolute atomic E-state index is 0.395. The maximum absolute atomic E-state index is 11.4. The summed E-state index contributed by atoms with van der Waals surface area (Å²) >= 11 is 0.